The Labute approximate surface area is 77.3 Å². The summed E-state index contributed by atoms with van der Waals surface area (Å²) >= 11 is 0. The van der Waals surface area contributed by atoms with Gasteiger partial charge in [-0.1, -0.05) is 0 Å². The first-order valence-electron chi connectivity index (χ1n) is 3.40. The van der Waals surface area contributed by atoms with Crippen molar-refractivity contribution in [2.75, 3.05) is 39.5 Å². The van der Waals surface area contributed by atoms with Crippen LogP contribution in [0.5, 0.6) is 0 Å². The molecule has 3 N–H and O–H groups in total. The first-order chi connectivity index (χ1) is 4.85. The molecule has 0 rings (SSSR count). The van der Waals surface area contributed by atoms with Crippen LogP contribution in [0.25, 0.3) is 0 Å². The van der Waals surface area contributed by atoms with Gasteiger partial charge in [0.15, 0.2) is 0 Å². The molecule has 0 aromatic heterocycles. The topological polar surface area (TPSA) is 63.9 Å². The van der Waals surface area contributed by atoms with Gasteiger partial charge in [-0.15, -0.1) is 0 Å². The van der Waals surface area contributed by atoms with Crippen molar-refractivity contribution in [2.45, 2.75) is 0 Å². The van der Waals surface area contributed by atoms with Crippen molar-refractivity contribution >= 4 is 0 Å². The second-order valence-electron chi connectivity index (χ2n) is 2.01. The van der Waals surface area contributed by atoms with E-state index in [1.165, 1.54) is 0 Å². The van der Waals surface area contributed by atoms with Crippen LogP contribution in [0, 0.1) is 0 Å². The third-order valence-corrected chi connectivity index (χ3v) is 1.25. The molecule has 0 aliphatic carbocycles. The zero-order chi connectivity index (χ0) is 7.82. The largest absolute Gasteiger partial charge is 2.00 e. The summed E-state index contributed by atoms with van der Waals surface area (Å²) < 4.78 is 0. The van der Waals surface area contributed by atoms with Gasteiger partial charge in [-0.25, -0.2) is 0 Å². The minimum atomic E-state index is 0. The van der Waals surface area contributed by atoms with Gasteiger partial charge < -0.3 is 15.3 Å². The second-order valence-corrected chi connectivity index (χ2v) is 2.01. The van der Waals surface area contributed by atoms with Crippen LogP contribution in [0.2, 0.25) is 0 Å². The first-order valence-corrected chi connectivity index (χ1v) is 3.40. The molecule has 0 aromatic rings. The predicted octanol–water partition coefficient (Wildman–Crippen LogP) is -1.74. The monoisotopic (exact) mass is 212 g/mol. The third kappa shape index (κ3) is 8.26. The molecule has 11 heavy (non-hydrogen) atoms. The van der Waals surface area contributed by atoms with E-state index in [9.17, 15) is 0 Å². The number of rotatable bonds is 6. The minimum absolute atomic E-state index is 0. The fraction of sp³-hybridized carbons (Fsp3) is 1.00. The van der Waals surface area contributed by atoms with Crippen LogP contribution in [0.1, 0.15) is 0 Å². The van der Waals surface area contributed by atoms with Gasteiger partial charge in [0.25, 0.3) is 0 Å². The molecule has 0 spiro atoms. The molecule has 5 heteroatoms. The summed E-state index contributed by atoms with van der Waals surface area (Å²) in [6.07, 6.45) is 0. The third-order valence-electron chi connectivity index (χ3n) is 1.25. The second kappa shape index (κ2) is 10.4. The molecule has 0 heterocycles. The van der Waals surface area contributed by atoms with E-state index in [0.29, 0.717) is 19.6 Å². The Morgan fingerprint density at radius 3 is 1.18 bits per heavy atom. The summed E-state index contributed by atoms with van der Waals surface area (Å²) in [5.74, 6) is 0. The zero-order valence-corrected chi connectivity index (χ0v) is 7.27. The smallest absolute Gasteiger partial charge is 0.395 e. The van der Waals surface area contributed by atoms with E-state index in [-0.39, 0.29) is 36.9 Å². The minimum Gasteiger partial charge on any atom is -0.395 e. The van der Waals surface area contributed by atoms with E-state index >= 15 is 0 Å². The molecule has 0 unspecified atom stereocenters. The van der Waals surface area contributed by atoms with E-state index in [2.05, 4.69) is 0 Å². The Balaban J connectivity index is 0. The number of aliphatic hydroxyl groups excluding tert-OH is 3. The molecular formula is C6H15CuNO3+2. The van der Waals surface area contributed by atoms with Crippen LogP contribution in [-0.2, 0) is 17.1 Å². The molecule has 1 radical (unpaired) electrons. The summed E-state index contributed by atoms with van der Waals surface area (Å²) in [4.78, 5) is 1.79. The van der Waals surface area contributed by atoms with E-state index in [0.717, 1.165) is 0 Å². The van der Waals surface area contributed by atoms with Gasteiger partial charge >= 0.3 is 17.1 Å². The number of hydrogen-bond donors (Lipinski definition) is 3. The molecule has 0 aliphatic heterocycles. The fourth-order valence-corrected chi connectivity index (χ4v) is 0.760. The van der Waals surface area contributed by atoms with Gasteiger partial charge in [0.05, 0.1) is 19.8 Å². The molecule has 0 fully saturated rings. The van der Waals surface area contributed by atoms with E-state index < -0.39 is 0 Å². The number of hydrogen-bond acceptors (Lipinski definition) is 4. The molecule has 0 aromatic carbocycles. The first kappa shape index (κ1) is 13.9. The van der Waals surface area contributed by atoms with Crippen LogP contribution >= 0.6 is 0 Å². The van der Waals surface area contributed by atoms with Gasteiger partial charge in [-0.3, -0.25) is 4.90 Å². The van der Waals surface area contributed by atoms with Crippen molar-refractivity contribution in [3.05, 3.63) is 0 Å². The van der Waals surface area contributed by atoms with Gasteiger partial charge in [0.2, 0.25) is 0 Å². The summed E-state index contributed by atoms with van der Waals surface area (Å²) in [7, 11) is 0. The Hall–Kier alpha value is 0.359. The van der Waals surface area contributed by atoms with Crippen LogP contribution < -0.4 is 0 Å². The molecular weight excluding hydrogens is 198 g/mol. The van der Waals surface area contributed by atoms with Crippen molar-refractivity contribution in [3.8, 4) is 0 Å². The Bertz CT molecular complexity index is 60.6. The standard InChI is InChI=1S/C6H15NO3.Cu/c8-4-1-7(2-5-9)3-6-10;/h8-10H,1-6H2;/q;+2. The SMILES string of the molecule is OCCN(CCO)CCO.[Cu+2]. The average Bonchev–Trinajstić information content (AvgIpc) is 1.90. The average molecular weight is 213 g/mol. The van der Waals surface area contributed by atoms with E-state index in [1.807, 2.05) is 0 Å². The number of nitrogens with zero attached hydrogens (tertiary/aromatic N) is 1. The Morgan fingerprint density at radius 1 is 0.727 bits per heavy atom. The van der Waals surface area contributed by atoms with Gasteiger partial charge in [0.1, 0.15) is 0 Å². The molecule has 0 saturated carbocycles. The molecule has 0 aliphatic rings. The molecule has 71 valence electrons. The van der Waals surface area contributed by atoms with Crippen molar-refractivity contribution in [3.63, 3.8) is 0 Å². The van der Waals surface area contributed by atoms with Gasteiger partial charge in [-0.05, 0) is 0 Å². The molecule has 0 saturated heterocycles. The summed E-state index contributed by atoms with van der Waals surface area (Å²) in [5, 5.41) is 25.5. The summed E-state index contributed by atoms with van der Waals surface area (Å²) in [6, 6.07) is 0. The van der Waals surface area contributed by atoms with Crippen molar-refractivity contribution in [1.82, 2.24) is 4.90 Å². The van der Waals surface area contributed by atoms with E-state index in [1.54, 1.807) is 4.90 Å². The van der Waals surface area contributed by atoms with Crippen LogP contribution in [-0.4, -0.2) is 59.7 Å². The van der Waals surface area contributed by atoms with Crippen LogP contribution in [0.4, 0.5) is 0 Å². The summed E-state index contributed by atoms with van der Waals surface area (Å²) in [5.41, 5.74) is 0. The van der Waals surface area contributed by atoms with Gasteiger partial charge in [-0.2, -0.15) is 0 Å². The molecule has 4 nitrogen and oxygen atoms in total. The predicted molar refractivity (Wildman–Crippen MR) is 37.7 cm³/mol. The molecule has 0 bridgehead atoms. The quantitative estimate of drug-likeness (QED) is 0.458. The van der Waals surface area contributed by atoms with E-state index in [4.69, 9.17) is 15.3 Å². The Kier molecular flexibility index (Phi) is 13.1. The summed E-state index contributed by atoms with van der Waals surface area (Å²) in [6.45, 7) is 1.75. The van der Waals surface area contributed by atoms with Crippen molar-refractivity contribution in [2.24, 2.45) is 0 Å². The number of aliphatic hydroxyl groups is 3. The molecule has 0 atom stereocenters. The molecule has 0 amide bonds. The van der Waals surface area contributed by atoms with Crippen molar-refractivity contribution in [1.29, 1.82) is 0 Å². The maximum Gasteiger partial charge on any atom is 2.00 e. The van der Waals surface area contributed by atoms with Crippen LogP contribution in [0.15, 0.2) is 0 Å². The van der Waals surface area contributed by atoms with Crippen molar-refractivity contribution < 1.29 is 32.4 Å². The normalized spacial score (nSPS) is 9.82. The van der Waals surface area contributed by atoms with Gasteiger partial charge in [0, 0.05) is 19.6 Å². The van der Waals surface area contributed by atoms with Crippen LogP contribution in [0.3, 0.4) is 0 Å². The maximum atomic E-state index is 8.48. The maximum absolute atomic E-state index is 8.48. The zero-order valence-electron chi connectivity index (χ0n) is 6.33. The Morgan fingerprint density at radius 2 is 1.00 bits per heavy atom. The fourth-order valence-electron chi connectivity index (χ4n) is 0.760.